The van der Waals surface area contributed by atoms with Crippen LogP contribution in [0.2, 0.25) is 0 Å². The lowest BCUT2D eigenvalue weighted by molar-refractivity contribution is 0.0668. The second kappa shape index (κ2) is 8.38. The Balaban J connectivity index is 0.00000200. The second-order valence-electron chi connectivity index (χ2n) is 6.13. The van der Waals surface area contributed by atoms with E-state index in [1.54, 1.807) is 0 Å². The predicted octanol–water partition coefficient (Wildman–Crippen LogP) is 1.52. The average Bonchev–Trinajstić information content (AvgIpc) is 2.47. The zero-order valence-corrected chi connectivity index (χ0v) is 15.1. The molecule has 0 aromatic carbocycles. The lowest BCUT2D eigenvalue weighted by atomic mass is 9.99. The van der Waals surface area contributed by atoms with E-state index in [0.29, 0.717) is 5.96 Å². The van der Waals surface area contributed by atoms with Crippen LogP contribution in [0.5, 0.6) is 0 Å². The van der Waals surface area contributed by atoms with Crippen molar-refractivity contribution >= 4 is 29.9 Å². The van der Waals surface area contributed by atoms with Crippen molar-refractivity contribution in [3.05, 3.63) is 0 Å². The maximum absolute atomic E-state index is 6.09. The molecule has 2 heterocycles. The molecule has 0 bridgehead atoms. The van der Waals surface area contributed by atoms with Gasteiger partial charge in [0.05, 0.1) is 19.8 Å². The van der Waals surface area contributed by atoms with E-state index < -0.39 is 0 Å². The van der Waals surface area contributed by atoms with Gasteiger partial charge in [0, 0.05) is 18.6 Å². The van der Waals surface area contributed by atoms with E-state index in [9.17, 15) is 0 Å². The standard InChI is InChI=1S/C14H28N4O.HI/c1-14(2,18-6-4-3-5-7-18)12-16-13(15)17-8-10-19-11-9-17;/h3-12H2,1-2H3,(H2,15,16);1H. The average molecular weight is 396 g/mol. The molecule has 0 atom stereocenters. The molecule has 0 aliphatic carbocycles. The summed E-state index contributed by atoms with van der Waals surface area (Å²) < 4.78 is 5.33. The lowest BCUT2D eigenvalue weighted by Gasteiger charge is -2.40. The first-order chi connectivity index (χ1) is 9.09. The van der Waals surface area contributed by atoms with Crippen LogP contribution in [0.1, 0.15) is 33.1 Å². The molecule has 0 aromatic rings. The van der Waals surface area contributed by atoms with Crippen molar-refractivity contribution in [2.45, 2.75) is 38.6 Å². The van der Waals surface area contributed by atoms with Gasteiger partial charge in [0.1, 0.15) is 0 Å². The van der Waals surface area contributed by atoms with Gasteiger partial charge in [-0.15, -0.1) is 24.0 Å². The number of hydrogen-bond acceptors (Lipinski definition) is 3. The summed E-state index contributed by atoms with van der Waals surface area (Å²) in [5.41, 5.74) is 6.20. The fourth-order valence-electron chi connectivity index (χ4n) is 2.77. The van der Waals surface area contributed by atoms with Crippen molar-refractivity contribution in [1.29, 1.82) is 0 Å². The molecule has 0 radical (unpaired) electrons. The molecule has 0 aromatic heterocycles. The third-order valence-electron chi connectivity index (χ3n) is 4.18. The van der Waals surface area contributed by atoms with Gasteiger partial charge in [-0.05, 0) is 39.8 Å². The molecule has 2 aliphatic rings. The normalized spacial score (nSPS) is 22.5. The monoisotopic (exact) mass is 396 g/mol. The van der Waals surface area contributed by atoms with Crippen molar-refractivity contribution in [3.63, 3.8) is 0 Å². The van der Waals surface area contributed by atoms with Gasteiger partial charge in [0.25, 0.3) is 0 Å². The van der Waals surface area contributed by atoms with E-state index >= 15 is 0 Å². The fraction of sp³-hybridized carbons (Fsp3) is 0.929. The number of nitrogens with zero attached hydrogens (tertiary/aromatic N) is 3. The van der Waals surface area contributed by atoms with Crippen LogP contribution in [0.15, 0.2) is 4.99 Å². The van der Waals surface area contributed by atoms with Crippen molar-refractivity contribution in [1.82, 2.24) is 9.80 Å². The number of hydrogen-bond donors (Lipinski definition) is 1. The van der Waals surface area contributed by atoms with Gasteiger partial charge in [-0.25, -0.2) is 0 Å². The number of halogens is 1. The van der Waals surface area contributed by atoms with Crippen LogP contribution >= 0.6 is 24.0 Å². The number of piperidine rings is 1. The summed E-state index contributed by atoms with van der Waals surface area (Å²) in [6, 6.07) is 0. The molecular weight excluding hydrogens is 367 g/mol. The molecule has 0 saturated carbocycles. The Bertz CT molecular complexity index is 310. The molecule has 6 heteroatoms. The van der Waals surface area contributed by atoms with Gasteiger partial charge in [0.15, 0.2) is 5.96 Å². The Morgan fingerprint density at radius 3 is 2.30 bits per heavy atom. The number of ether oxygens (including phenoxy) is 1. The minimum Gasteiger partial charge on any atom is -0.378 e. The van der Waals surface area contributed by atoms with Crippen LogP contribution < -0.4 is 5.73 Å². The summed E-state index contributed by atoms with van der Waals surface area (Å²) in [5.74, 6) is 0.674. The Morgan fingerprint density at radius 1 is 1.10 bits per heavy atom. The third-order valence-corrected chi connectivity index (χ3v) is 4.18. The van der Waals surface area contributed by atoms with Crippen LogP contribution in [0.3, 0.4) is 0 Å². The summed E-state index contributed by atoms with van der Waals surface area (Å²) in [6.45, 7) is 10.9. The van der Waals surface area contributed by atoms with E-state index in [1.807, 2.05) is 0 Å². The summed E-state index contributed by atoms with van der Waals surface area (Å²) in [5, 5.41) is 0. The van der Waals surface area contributed by atoms with Gasteiger partial charge in [-0.3, -0.25) is 9.89 Å². The van der Waals surface area contributed by atoms with Crippen molar-refractivity contribution in [3.8, 4) is 0 Å². The molecule has 5 nitrogen and oxygen atoms in total. The first kappa shape index (κ1) is 18.0. The zero-order valence-electron chi connectivity index (χ0n) is 12.8. The van der Waals surface area contributed by atoms with E-state index in [4.69, 9.17) is 10.5 Å². The van der Waals surface area contributed by atoms with E-state index in [-0.39, 0.29) is 29.5 Å². The fourth-order valence-corrected chi connectivity index (χ4v) is 2.77. The van der Waals surface area contributed by atoms with Crippen LogP contribution in [0.4, 0.5) is 0 Å². The first-order valence-corrected chi connectivity index (χ1v) is 7.47. The molecule has 2 N–H and O–H groups in total. The van der Waals surface area contributed by atoms with Crippen LogP contribution in [-0.2, 0) is 4.74 Å². The SMILES string of the molecule is CC(C)(CN=C(N)N1CCOCC1)N1CCCCC1.I. The molecule has 0 unspecified atom stereocenters. The molecule has 2 fully saturated rings. The molecule has 2 aliphatic heterocycles. The zero-order chi connectivity index (χ0) is 13.7. The van der Waals surface area contributed by atoms with Crippen LogP contribution in [-0.4, -0.2) is 67.2 Å². The lowest BCUT2D eigenvalue weighted by Crippen LogP contribution is -2.50. The maximum Gasteiger partial charge on any atom is 0.191 e. The number of rotatable bonds is 3. The number of likely N-dealkylation sites (tertiary alicyclic amines) is 1. The Hall–Kier alpha value is -0.0800. The minimum atomic E-state index is 0. The summed E-state index contributed by atoms with van der Waals surface area (Å²) in [7, 11) is 0. The second-order valence-corrected chi connectivity index (χ2v) is 6.13. The van der Waals surface area contributed by atoms with Gasteiger partial charge in [-0.1, -0.05) is 6.42 Å². The van der Waals surface area contributed by atoms with E-state index in [2.05, 4.69) is 28.6 Å². The topological polar surface area (TPSA) is 54.1 Å². The van der Waals surface area contributed by atoms with Crippen molar-refractivity contribution in [2.75, 3.05) is 45.9 Å². The summed E-state index contributed by atoms with van der Waals surface area (Å²) in [6.07, 6.45) is 3.99. The van der Waals surface area contributed by atoms with Crippen LogP contribution in [0, 0.1) is 0 Å². The van der Waals surface area contributed by atoms with Gasteiger partial charge < -0.3 is 15.4 Å². The molecule has 20 heavy (non-hydrogen) atoms. The quantitative estimate of drug-likeness (QED) is 0.447. The highest BCUT2D eigenvalue weighted by atomic mass is 127. The minimum absolute atomic E-state index is 0. The van der Waals surface area contributed by atoms with E-state index in [1.165, 1.54) is 32.4 Å². The Morgan fingerprint density at radius 2 is 1.70 bits per heavy atom. The molecule has 2 saturated heterocycles. The molecule has 2 rings (SSSR count). The Labute approximate surface area is 139 Å². The first-order valence-electron chi connectivity index (χ1n) is 7.47. The van der Waals surface area contributed by atoms with E-state index in [0.717, 1.165) is 32.8 Å². The third kappa shape index (κ3) is 5.04. The van der Waals surface area contributed by atoms with Crippen molar-refractivity contribution in [2.24, 2.45) is 10.7 Å². The largest absolute Gasteiger partial charge is 0.378 e. The number of guanidine groups is 1. The highest BCUT2D eigenvalue weighted by Gasteiger charge is 2.27. The van der Waals surface area contributed by atoms with Gasteiger partial charge >= 0.3 is 0 Å². The van der Waals surface area contributed by atoms with Crippen molar-refractivity contribution < 1.29 is 4.74 Å². The molecular formula is C14H29IN4O. The maximum atomic E-state index is 6.09. The van der Waals surface area contributed by atoms with Gasteiger partial charge in [-0.2, -0.15) is 0 Å². The molecule has 0 spiro atoms. The summed E-state index contributed by atoms with van der Waals surface area (Å²) in [4.78, 5) is 9.29. The Kier molecular flexibility index (Phi) is 7.53. The highest BCUT2D eigenvalue weighted by molar-refractivity contribution is 14.0. The number of aliphatic imine (C=N–C) groups is 1. The predicted molar refractivity (Wildman–Crippen MR) is 93.8 cm³/mol. The number of morpholine rings is 1. The molecule has 0 amide bonds. The number of nitrogens with two attached hydrogens (primary N) is 1. The smallest absolute Gasteiger partial charge is 0.191 e. The van der Waals surface area contributed by atoms with Gasteiger partial charge in [0.2, 0.25) is 0 Å². The molecule has 118 valence electrons. The highest BCUT2D eigenvalue weighted by Crippen LogP contribution is 2.20. The summed E-state index contributed by atoms with van der Waals surface area (Å²) >= 11 is 0. The van der Waals surface area contributed by atoms with Crippen LogP contribution in [0.25, 0.3) is 0 Å².